The summed E-state index contributed by atoms with van der Waals surface area (Å²) in [5.41, 5.74) is 1.82. The minimum absolute atomic E-state index is 0.0202. The minimum atomic E-state index is -0.827. The number of para-hydroxylation sites is 1. The summed E-state index contributed by atoms with van der Waals surface area (Å²) in [6.07, 6.45) is 3.42. The van der Waals surface area contributed by atoms with Crippen LogP contribution in [0.3, 0.4) is 0 Å². The molecule has 0 radical (unpaired) electrons. The number of carboxylic acid groups (broad SMARTS) is 1. The predicted molar refractivity (Wildman–Crippen MR) is 73.4 cm³/mol. The summed E-state index contributed by atoms with van der Waals surface area (Å²) >= 11 is 0. The molecule has 3 rings (SSSR count). The highest BCUT2D eigenvalue weighted by molar-refractivity contribution is 5.87. The number of hydrogen-bond acceptors (Lipinski definition) is 3. The van der Waals surface area contributed by atoms with E-state index in [4.69, 9.17) is 5.11 Å². The number of fused-ring (bicyclic) bond motifs is 1. The minimum Gasteiger partial charge on any atom is -0.481 e. The van der Waals surface area contributed by atoms with E-state index in [9.17, 15) is 4.79 Å². The molecule has 2 aromatic heterocycles. The average molecular weight is 270 g/mol. The van der Waals surface area contributed by atoms with Gasteiger partial charge in [-0.05, 0) is 11.6 Å². The molecule has 6 heteroatoms. The third-order valence-electron chi connectivity index (χ3n) is 3.33. The lowest BCUT2D eigenvalue weighted by molar-refractivity contribution is -0.136. The molecule has 3 aromatic rings. The molecule has 0 fully saturated rings. The fourth-order valence-electron chi connectivity index (χ4n) is 2.37. The van der Waals surface area contributed by atoms with Crippen molar-refractivity contribution >= 4 is 16.9 Å². The maximum atomic E-state index is 11.0. The van der Waals surface area contributed by atoms with Gasteiger partial charge in [-0.15, -0.1) is 0 Å². The zero-order valence-corrected chi connectivity index (χ0v) is 11.0. The second-order valence-corrected chi connectivity index (χ2v) is 4.67. The van der Waals surface area contributed by atoms with Gasteiger partial charge < -0.3 is 9.67 Å². The summed E-state index contributed by atoms with van der Waals surface area (Å²) in [6, 6.07) is 7.79. The Morgan fingerprint density at radius 2 is 2.15 bits per heavy atom. The molecule has 1 aromatic carbocycles. The highest BCUT2D eigenvalue weighted by Crippen LogP contribution is 2.22. The van der Waals surface area contributed by atoms with Crippen LogP contribution in [0.15, 0.2) is 36.8 Å². The Kier molecular flexibility index (Phi) is 2.98. The molecule has 0 aliphatic carbocycles. The van der Waals surface area contributed by atoms with Crippen LogP contribution in [0.4, 0.5) is 0 Å². The molecule has 20 heavy (non-hydrogen) atoms. The van der Waals surface area contributed by atoms with Gasteiger partial charge in [0.2, 0.25) is 0 Å². The van der Waals surface area contributed by atoms with Gasteiger partial charge in [-0.2, -0.15) is 5.10 Å². The summed E-state index contributed by atoms with van der Waals surface area (Å²) in [4.78, 5) is 15.2. The van der Waals surface area contributed by atoms with Crippen molar-refractivity contribution in [3.05, 3.63) is 48.2 Å². The Bertz CT molecular complexity index is 772. The molecular formula is C14H14N4O2. The maximum absolute atomic E-state index is 11.0. The molecule has 0 saturated heterocycles. The van der Waals surface area contributed by atoms with Crippen LogP contribution in [0.1, 0.15) is 11.4 Å². The van der Waals surface area contributed by atoms with Crippen molar-refractivity contribution in [3.63, 3.8) is 0 Å². The van der Waals surface area contributed by atoms with E-state index in [0.717, 1.165) is 22.3 Å². The fourth-order valence-corrected chi connectivity index (χ4v) is 2.37. The second-order valence-electron chi connectivity index (χ2n) is 4.67. The van der Waals surface area contributed by atoms with Crippen LogP contribution in [0.25, 0.3) is 10.9 Å². The summed E-state index contributed by atoms with van der Waals surface area (Å²) < 4.78 is 3.73. The Labute approximate surface area is 115 Å². The van der Waals surface area contributed by atoms with Crippen LogP contribution in [0.5, 0.6) is 0 Å². The summed E-state index contributed by atoms with van der Waals surface area (Å²) in [5, 5.41) is 14.0. The number of carbonyl (C=O) groups is 1. The maximum Gasteiger partial charge on any atom is 0.307 e. The molecule has 0 aliphatic heterocycles. The molecule has 0 atom stereocenters. The molecule has 0 saturated carbocycles. The van der Waals surface area contributed by atoms with Gasteiger partial charge in [-0.1, -0.05) is 18.2 Å². The largest absolute Gasteiger partial charge is 0.481 e. The lowest BCUT2D eigenvalue weighted by atomic mass is 10.1. The number of aliphatic carboxylic acids is 1. The van der Waals surface area contributed by atoms with Crippen molar-refractivity contribution in [1.29, 1.82) is 0 Å². The highest BCUT2D eigenvalue weighted by Gasteiger charge is 2.12. The predicted octanol–water partition coefficient (Wildman–Crippen LogP) is 1.45. The number of hydrogen-bond donors (Lipinski definition) is 1. The van der Waals surface area contributed by atoms with Gasteiger partial charge in [0.1, 0.15) is 12.2 Å². The van der Waals surface area contributed by atoms with Crippen molar-refractivity contribution in [2.45, 2.75) is 13.0 Å². The van der Waals surface area contributed by atoms with Gasteiger partial charge in [0.15, 0.2) is 0 Å². The van der Waals surface area contributed by atoms with Gasteiger partial charge in [-0.25, -0.2) is 4.98 Å². The Morgan fingerprint density at radius 1 is 1.35 bits per heavy atom. The first kappa shape index (κ1) is 12.4. The van der Waals surface area contributed by atoms with Crippen molar-refractivity contribution < 1.29 is 9.90 Å². The number of benzene rings is 1. The van der Waals surface area contributed by atoms with Crippen LogP contribution in [0.2, 0.25) is 0 Å². The Morgan fingerprint density at radius 3 is 2.85 bits per heavy atom. The second kappa shape index (κ2) is 4.80. The first-order valence-electron chi connectivity index (χ1n) is 6.26. The molecule has 0 unspecified atom stereocenters. The van der Waals surface area contributed by atoms with Crippen molar-refractivity contribution in [3.8, 4) is 0 Å². The Balaban J connectivity index is 2.06. The molecular weight excluding hydrogens is 256 g/mol. The smallest absolute Gasteiger partial charge is 0.307 e. The number of aromatic nitrogens is 4. The third kappa shape index (κ3) is 2.16. The van der Waals surface area contributed by atoms with Gasteiger partial charge in [0.25, 0.3) is 0 Å². The van der Waals surface area contributed by atoms with Gasteiger partial charge in [0, 0.05) is 24.1 Å². The average Bonchev–Trinajstić information content (AvgIpc) is 2.96. The third-order valence-corrected chi connectivity index (χ3v) is 3.33. The first-order valence-corrected chi connectivity index (χ1v) is 6.26. The van der Waals surface area contributed by atoms with Crippen LogP contribution >= 0.6 is 0 Å². The summed E-state index contributed by atoms with van der Waals surface area (Å²) in [5.74, 6) is -0.000751. The fraction of sp³-hybridized carbons (Fsp3) is 0.214. The zero-order chi connectivity index (χ0) is 14.1. The Hall–Kier alpha value is -2.63. The number of carboxylic acids is 1. The molecule has 0 bridgehead atoms. The highest BCUT2D eigenvalue weighted by atomic mass is 16.4. The van der Waals surface area contributed by atoms with Gasteiger partial charge in [-0.3, -0.25) is 9.48 Å². The molecule has 0 amide bonds. The summed E-state index contributed by atoms with van der Waals surface area (Å²) in [6.45, 7) is 0.566. The topological polar surface area (TPSA) is 72.9 Å². The van der Waals surface area contributed by atoms with Crippen molar-refractivity contribution in [1.82, 2.24) is 19.3 Å². The lowest BCUT2D eigenvalue weighted by Crippen LogP contribution is -2.06. The molecule has 102 valence electrons. The first-order chi connectivity index (χ1) is 9.65. The number of aryl methyl sites for hydroxylation is 1. The van der Waals surface area contributed by atoms with Crippen molar-refractivity contribution in [2.24, 2.45) is 7.05 Å². The number of rotatable bonds is 4. The quantitative estimate of drug-likeness (QED) is 0.778. The normalized spacial score (nSPS) is 11.1. The zero-order valence-electron chi connectivity index (χ0n) is 11.0. The molecule has 0 aliphatic rings. The van der Waals surface area contributed by atoms with E-state index in [1.807, 2.05) is 42.1 Å². The van der Waals surface area contributed by atoms with Crippen molar-refractivity contribution in [2.75, 3.05) is 0 Å². The monoisotopic (exact) mass is 270 g/mol. The SMILES string of the molecule is Cn1ncnc1Cn1cc(CC(=O)O)c2ccccc21. The van der Waals surface area contributed by atoms with Gasteiger partial charge >= 0.3 is 5.97 Å². The van der Waals surface area contributed by atoms with E-state index in [2.05, 4.69) is 10.1 Å². The lowest BCUT2D eigenvalue weighted by Gasteiger charge is -2.04. The molecule has 1 N–H and O–H groups in total. The van der Waals surface area contributed by atoms with Crippen LogP contribution < -0.4 is 0 Å². The van der Waals surface area contributed by atoms with E-state index < -0.39 is 5.97 Å². The molecule has 2 heterocycles. The van der Waals surface area contributed by atoms with E-state index in [0.29, 0.717) is 6.54 Å². The van der Waals surface area contributed by atoms with E-state index in [1.54, 1.807) is 4.68 Å². The van der Waals surface area contributed by atoms with Crippen LogP contribution in [0, 0.1) is 0 Å². The number of nitrogens with zero attached hydrogens (tertiary/aromatic N) is 4. The van der Waals surface area contributed by atoms with Crippen LogP contribution in [-0.2, 0) is 24.8 Å². The molecule has 0 spiro atoms. The molecule has 6 nitrogen and oxygen atoms in total. The van der Waals surface area contributed by atoms with Gasteiger partial charge in [0.05, 0.1) is 13.0 Å². The standard InChI is InChI=1S/C14H14N4O2/c1-17-13(15-9-16-17)8-18-7-10(6-14(19)20)11-4-2-3-5-12(11)18/h2-5,7,9H,6,8H2,1H3,(H,19,20). The summed E-state index contributed by atoms with van der Waals surface area (Å²) in [7, 11) is 1.84. The van der Waals surface area contributed by atoms with E-state index in [1.165, 1.54) is 6.33 Å². The van der Waals surface area contributed by atoms with E-state index >= 15 is 0 Å². The van der Waals surface area contributed by atoms with Crippen LogP contribution in [-0.4, -0.2) is 30.4 Å². The van der Waals surface area contributed by atoms with E-state index in [-0.39, 0.29) is 6.42 Å².